The highest BCUT2D eigenvalue weighted by Crippen LogP contribution is 2.05. The molecule has 0 aromatic carbocycles. The highest BCUT2D eigenvalue weighted by atomic mass is 16.2. The van der Waals surface area contributed by atoms with Crippen molar-refractivity contribution in [1.82, 2.24) is 20.4 Å². The lowest BCUT2D eigenvalue weighted by molar-refractivity contribution is -0.121. The second-order valence-electron chi connectivity index (χ2n) is 4.18. The number of carbonyl (C=O) groups is 1. The summed E-state index contributed by atoms with van der Waals surface area (Å²) in [6.07, 6.45) is 5.59. The Balaban J connectivity index is 1.84. The van der Waals surface area contributed by atoms with E-state index in [1.54, 1.807) is 12.4 Å². The Morgan fingerprint density at radius 3 is 2.84 bits per heavy atom. The van der Waals surface area contributed by atoms with Gasteiger partial charge < -0.3 is 4.57 Å². The van der Waals surface area contributed by atoms with E-state index in [-0.39, 0.29) is 5.91 Å². The standard InChI is InChI=1S/C14H16N4O/c1-11(12-5-3-7-15-10-12)16-17-14(19)9-13-6-4-8-18(13)2/h3-8,10,16H,1,9H2,2H3,(H,17,19). The summed E-state index contributed by atoms with van der Waals surface area (Å²) in [7, 11) is 1.91. The van der Waals surface area contributed by atoms with Crippen LogP contribution in [0.15, 0.2) is 49.4 Å². The van der Waals surface area contributed by atoms with E-state index in [1.807, 2.05) is 42.1 Å². The number of carbonyl (C=O) groups excluding carboxylic acids is 1. The zero-order valence-electron chi connectivity index (χ0n) is 10.8. The molecule has 2 aromatic rings. The summed E-state index contributed by atoms with van der Waals surface area (Å²) in [6, 6.07) is 7.50. The third kappa shape index (κ3) is 3.45. The van der Waals surface area contributed by atoms with Crippen LogP contribution in [0.2, 0.25) is 0 Å². The lowest BCUT2D eigenvalue weighted by atomic mass is 10.2. The van der Waals surface area contributed by atoms with Crippen molar-refractivity contribution in [2.45, 2.75) is 6.42 Å². The van der Waals surface area contributed by atoms with E-state index >= 15 is 0 Å². The van der Waals surface area contributed by atoms with Gasteiger partial charge in [0.05, 0.1) is 12.1 Å². The van der Waals surface area contributed by atoms with Crippen molar-refractivity contribution >= 4 is 11.6 Å². The molecule has 0 spiro atoms. The fourth-order valence-corrected chi connectivity index (χ4v) is 1.65. The molecule has 0 aliphatic heterocycles. The van der Waals surface area contributed by atoms with Crippen LogP contribution >= 0.6 is 0 Å². The molecule has 2 heterocycles. The second-order valence-corrected chi connectivity index (χ2v) is 4.18. The molecule has 1 amide bonds. The van der Waals surface area contributed by atoms with Gasteiger partial charge in [-0.2, -0.15) is 0 Å². The molecule has 2 aromatic heterocycles. The number of pyridine rings is 1. The summed E-state index contributed by atoms with van der Waals surface area (Å²) in [5, 5.41) is 0. The largest absolute Gasteiger partial charge is 0.354 e. The van der Waals surface area contributed by atoms with Crippen LogP contribution in [0, 0.1) is 0 Å². The maximum Gasteiger partial charge on any atom is 0.244 e. The smallest absolute Gasteiger partial charge is 0.244 e. The Bertz CT molecular complexity index is 574. The zero-order chi connectivity index (χ0) is 13.7. The number of rotatable bonds is 5. The molecular weight excluding hydrogens is 240 g/mol. The topological polar surface area (TPSA) is 58.9 Å². The number of nitrogens with zero attached hydrogens (tertiary/aromatic N) is 2. The maximum absolute atomic E-state index is 11.8. The fraction of sp³-hybridized carbons (Fsp3) is 0.143. The first kappa shape index (κ1) is 12.9. The van der Waals surface area contributed by atoms with Crippen molar-refractivity contribution in [2.24, 2.45) is 7.05 Å². The quantitative estimate of drug-likeness (QED) is 0.792. The Labute approximate surface area is 111 Å². The number of nitrogens with one attached hydrogen (secondary N) is 2. The van der Waals surface area contributed by atoms with E-state index in [4.69, 9.17) is 0 Å². The summed E-state index contributed by atoms with van der Waals surface area (Å²) in [5.41, 5.74) is 7.79. The molecule has 5 heteroatoms. The monoisotopic (exact) mass is 256 g/mol. The van der Waals surface area contributed by atoms with E-state index in [0.29, 0.717) is 12.1 Å². The number of hydrogen-bond acceptors (Lipinski definition) is 3. The van der Waals surface area contributed by atoms with E-state index in [0.717, 1.165) is 11.3 Å². The Kier molecular flexibility index (Phi) is 3.97. The number of aryl methyl sites for hydroxylation is 1. The van der Waals surface area contributed by atoms with Gasteiger partial charge in [-0.1, -0.05) is 6.58 Å². The van der Waals surface area contributed by atoms with Gasteiger partial charge >= 0.3 is 0 Å². The van der Waals surface area contributed by atoms with E-state index < -0.39 is 0 Å². The van der Waals surface area contributed by atoms with Crippen LogP contribution in [-0.2, 0) is 18.3 Å². The molecule has 19 heavy (non-hydrogen) atoms. The van der Waals surface area contributed by atoms with Crippen molar-refractivity contribution in [3.63, 3.8) is 0 Å². The van der Waals surface area contributed by atoms with Crippen LogP contribution in [0.1, 0.15) is 11.3 Å². The maximum atomic E-state index is 11.8. The van der Waals surface area contributed by atoms with Gasteiger partial charge in [-0.3, -0.25) is 20.6 Å². The highest BCUT2D eigenvalue weighted by molar-refractivity contribution is 5.79. The molecule has 0 saturated heterocycles. The van der Waals surface area contributed by atoms with Gasteiger partial charge in [-0.25, -0.2) is 0 Å². The normalized spacial score (nSPS) is 9.95. The predicted octanol–water partition coefficient (Wildman–Crippen LogP) is 1.25. The predicted molar refractivity (Wildman–Crippen MR) is 73.7 cm³/mol. The third-order valence-corrected chi connectivity index (χ3v) is 2.76. The minimum absolute atomic E-state index is 0.119. The highest BCUT2D eigenvalue weighted by Gasteiger charge is 2.06. The SMILES string of the molecule is C=C(NNC(=O)Cc1cccn1C)c1cccnc1. The van der Waals surface area contributed by atoms with Crippen LogP contribution in [0.25, 0.3) is 5.70 Å². The zero-order valence-corrected chi connectivity index (χ0v) is 10.8. The summed E-state index contributed by atoms with van der Waals surface area (Å²) in [5.74, 6) is -0.119. The molecule has 0 atom stereocenters. The lowest BCUT2D eigenvalue weighted by Gasteiger charge is -2.11. The third-order valence-electron chi connectivity index (χ3n) is 2.76. The van der Waals surface area contributed by atoms with Crippen molar-refractivity contribution in [3.05, 3.63) is 60.7 Å². The second kappa shape index (κ2) is 5.86. The van der Waals surface area contributed by atoms with Gasteiger partial charge in [0.2, 0.25) is 5.91 Å². The molecule has 0 radical (unpaired) electrons. The van der Waals surface area contributed by atoms with E-state index in [1.165, 1.54) is 0 Å². The number of hydrazine groups is 1. The van der Waals surface area contributed by atoms with Gasteiger partial charge in [0.15, 0.2) is 0 Å². The van der Waals surface area contributed by atoms with Crippen LogP contribution < -0.4 is 10.9 Å². The van der Waals surface area contributed by atoms with Crippen LogP contribution in [-0.4, -0.2) is 15.5 Å². The fourth-order valence-electron chi connectivity index (χ4n) is 1.65. The molecule has 0 fully saturated rings. The van der Waals surface area contributed by atoms with Crippen molar-refractivity contribution in [1.29, 1.82) is 0 Å². The van der Waals surface area contributed by atoms with Crippen molar-refractivity contribution in [2.75, 3.05) is 0 Å². The molecule has 0 saturated carbocycles. The van der Waals surface area contributed by atoms with Gasteiger partial charge in [0.1, 0.15) is 0 Å². The summed E-state index contributed by atoms with van der Waals surface area (Å²) in [4.78, 5) is 15.7. The molecule has 2 N–H and O–H groups in total. The minimum atomic E-state index is -0.119. The summed E-state index contributed by atoms with van der Waals surface area (Å²) >= 11 is 0. The van der Waals surface area contributed by atoms with Crippen LogP contribution in [0.4, 0.5) is 0 Å². The van der Waals surface area contributed by atoms with Gasteiger partial charge in [-0.15, -0.1) is 0 Å². The lowest BCUT2D eigenvalue weighted by Crippen LogP contribution is -2.37. The molecule has 98 valence electrons. The first-order chi connectivity index (χ1) is 9.16. The molecule has 0 aliphatic rings. The van der Waals surface area contributed by atoms with E-state index in [9.17, 15) is 4.79 Å². The molecular formula is C14H16N4O. The van der Waals surface area contributed by atoms with E-state index in [2.05, 4.69) is 22.4 Å². The van der Waals surface area contributed by atoms with Crippen LogP contribution in [0.5, 0.6) is 0 Å². The molecule has 5 nitrogen and oxygen atoms in total. The number of amides is 1. The first-order valence-corrected chi connectivity index (χ1v) is 5.91. The minimum Gasteiger partial charge on any atom is -0.354 e. The van der Waals surface area contributed by atoms with Crippen LogP contribution in [0.3, 0.4) is 0 Å². The molecule has 0 unspecified atom stereocenters. The van der Waals surface area contributed by atoms with Crippen molar-refractivity contribution < 1.29 is 4.79 Å². The average Bonchev–Trinajstić information content (AvgIpc) is 2.82. The Hall–Kier alpha value is -2.56. The van der Waals surface area contributed by atoms with Crippen molar-refractivity contribution in [3.8, 4) is 0 Å². The van der Waals surface area contributed by atoms with Gasteiger partial charge in [-0.05, 0) is 24.3 Å². The number of hydrogen-bond donors (Lipinski definition) is 2. The summed E-state index contributed by atoms with van der Waals surface area (Å²) in [6.45, 7) is 3.84. The average molecular weight is 256 g/mol. The molecule has 0 aliphatic carbocycles. The van der Waals surface area contributed by atoms with Gasteiger partial charge in [0.25, 0.3) is 0 Å². The van der Waals surface area contributed by atoms with Gasteiger partial charge in [0, 0.05) is 36.9 Å². The Morgan fingerprint density at radius 1 is 1.37 bits per heavy atom. The summed E-state index contributed by atoms with van der Waals surface area (Å²) < 4.78 is 1.91. The molecule has 0 bridgehead atoms. The number of aromatic nitrogens is 2. The molecule has 2 rings (SSSR count). The first-order valence-electron chi connectivity index (χ1n) is 5.91. The Morgan fingerprint density at radius 2 is 2.21 bits per heavy atom.